The second-order valence-corrected chi connectivity index (χ2v) is 8.18. The third kappa shape index (κ3) is 5.51. The van der Waals surface area contributed by atoms with Crippen molar-refractivity contribution < 1.29 is 14.3 Å². The highest BCUT2D eigenvalue weighted by Gasteiger charge is 2.36. The molecule has 1 aromatic carbocycles. The molecule has 25 heavy (non-hydrogen) atoms. The number of amides is 2. The quantitative estimate of drug-likeness (QED) is 0.796. The fraction of sp³-hybridized carbons (Fsp3) is 0.556. The summed E-state index contributed by atoms with van der Waals surface area (Å²) in [7, 11) is 0. The molecule has 0 bridgehead atoms. The van der Waals surface area contributed by atoms with E-state index in [1.807, 2.05) is 0 Å². The maximum absolute atomic E-state index is 12.7. The van der Waals surface area contributed by atoms with Crippen LogP contribution in [0.1, 0.15) is 56.8 Å². The lowest BCUT2D eigenvalue weighted by atomic mass is 9.96. The number of alkyl carbamates (subject to hydrolysis) is 1. The average Bonchev–Trinajstić information content (AvgIpc) is 2.95. The maximum Gasteiger partial charge on any atom is 0.407 e. The molecule has 0 heterocycles. The van der Waals surface area contributed by atoms with E-state index in [4.69, 9.17) is 27.9 Å². The van der Waals surface area contributed by atoms with Gasteiger partial charge < -0.3 is 15.4 Å². The van der Waals surface area contributed by atoms with Gasteiger partial charge in [0, 0.05) is 6.54 Å². The van der Waals surface area contributed by atoms with Gasteiger partial charge in [0.15, 0.2) is 0 Å². The van der Waals surface area contributed by atoms with Crippen LogP contribution in [0.15, 0.2) is 18.2 Å². The van der Waals surface area contributed by atoms with Gasteiger partial charge in [0.1, 0.15) is 5.60 Å². The van der Waals surface area contributed by atoms with Gasteiger partial charge >= 0.3 is 6.09 Å². The van der Waals surface area contributed by atoms with E-state index in [-0.39, 0.29) is 10.9 Å². The van der Waals surface area contributed by atoms with E-state index in [9.17, 15) is 9.59 Å². The molecule has 2 amide bonds. The van der Waals surface area contributed by atoms with Crippen LogP contribution in [-0.2, 0) is 4.74 Å². The van der Waals surface area contributed by atoms with Gasteiger partial charge in [-0.1, -0.05) is 42.1 Å². The molecule has 0 atom stereocenters. The number of hydrogen-bond acceptors (Lipinski definition) is 3. The minimum atomic E-state index is -0.565. The minimum absolute atomic E-state index is 0.231. The van der Waals surface area contributed by atoms with Crippen molar-refractivity contribution in [3.63, 3.8) is 0 Å². The average molecular weight is 387 g/mol. The first-order valence-electron chi connectivity index (χ1n) is 8.35. The van der Waals surface area contributed by atoms with Crippen molar-refractivity contribution in [3.8, 4) is 0 Å². The van der Waals surface area contributed by atoms with Crippen molar-refractivity contribution in [2.75, 3.05) is 6.54 Å². The van der Waals surface area contributed by atoms with Crippen LogP contribution in [0.2, 0.25) is 10.0 Å². The molecule has 138 valence electrons. The van der Waals surface area contributed by atoms with Crippen molar-refractivity contribution >= 4 is 35.2 Å². The first kappa shape index (κ1) is 19.9. The Morgan fingerprint density at radius 2 is 1.84 bits per heavy atom. The number of halogens is 2. The van der Waals surface area contributed by atoms with E-state index in [1.54, 1.807) is 39.0 Å². The maximum atomic E-state index is 12.7. The highest BCUT2D eigenvalue weighted by molar-refractivity contribution is 6.43. The van der Waals surface area contributed by atoms with Crippen molar-refractivity contribution in [2.24, 2.45) is 0 Å². The van der Waals surface area contributed by atoms with E-state index in [2.05, 4.69) is 10.6 Å². The fourth-order valence-electron chi connectivity index (χ4n) is 2.94. The second kappa shape index (κ2) is 7.83. The van der Waals surface area contributed by atoms with Gasteiger partial charge in [0.25, 0.3) is 5.91 Å². The summed E-state index contributed by atoms with van der Waals surface area (Å²) in [4.78, 5) is 24.6. The van der Waals surface area contributed by atoms with Crippen molar-refractivity contribution in [3.05, 3.63) is 33.8 Å². The first-order valence-corrected chi connectivity index (χ1v) is 9.11. The Morgan fingerprint density at radius 1 is 1.20 bits per heavy atom. The zero-order valence-electron chi connectivity index (χ0n) is 14.7. The Kier molecular flexibility index (Phi) is 6.22. The van der Waals surface area contributed by atoms with Gasteiger partial charge in [-0.2, -0.15) is 0 Å². The Balaban J connectivity index is 2.06. The topological polar surface area (TPSA) is 67.4 Å². The number of carbonyl (C=O) groups excluding carboxylic acids is 2. The van der Waals surface area contributed by atoms with Crippen LogP contribution >= 0.6 is 23.2 Å². The molecular formula is C18H24Cl2N2O3. The van der Waals surface area contributed by atoms with Gasteiger partial charge in [-0.25, -0.2) is 4.79 Å². The molecule has 2 rings (SSSR count). The highest BCUT2D eigenvalue weighted by atomic mass is 35.5. The molecule has 5 nitrogen and oxygen atoms in total. The summed E-state index contributed by atoms with van der Waals surface area (Å²) in [6, 6.07) is 4.95. The van der Waals surface area contributed by atoms with Gasteiger partial charge in [-0.05, 0) is 45.7 Å². The summed E-state index contributed by atoms with van der Waals surface area (Å²) in [5.41, 5.74) is -0.734. The molecule has 0 aliphatic heterocycles. The number of hydrogen-bond donors (Lipinski definition) is 2. The number of rotatable bonds is 4. The van der Waals surface area contributed by atoms with Crippen LogP contribution in [0, 0.1) is 0 Å². The predicted molar refractivity (Wildman–Crippen MR) is 99.4 cm³/mol. The van der Waals surface area contributed by atoms with Gasteiger partial charge in [0.05, 0.1) is 21.1 Å². The molecule has 2 N–H and O–H groups in total. The number of carbonyl (C=O) groups is 2. The Bertz CT molecular complexity index is 650. The smallest absolute Gasteiger partial charge is 0.407 e. The summed E-state index contributed by atoms with van der Waals surface area (Å²) in [5, 5.41) is 6.38. The Labute approximate surface area is 158 Å². The molecule has 7 heteroatoms. The minimum Gasteiger partial charge on any atom is -0.444 e. The molecule has 0 radical (unpaired) electrons. The number of benzene rings is 1. The van der Waals surface area contributed by atoms with E-state index in [0.717, 1.165) is 25.7 Å². The lowest BCUT2D eigenvalue weighted by Gasteiger charge is -2.31. The lowest BCUT2D eigenvalue weighted by Crippen LogP contribution is -2.54. The van der Waals surface area contributed by atoms with Crippen LogP contribution < -0.4 is 10.6 Å². The van der Waals surface area contributed by atoms with Crippen molar-refractivity contribution in [1.82, 2.24) is 10.6 Å². The van der Waals surface area contributed by atoms with E-state index >= 15 is 0 Å². The first-order chi connectivity index (χ1) is 11.6. The van der Waals surface area contributed by atoms with Gasteiger partial charge in [-0.15, -0.1) is 0 Å². The van der Waals surface area contributed by atoms with Crippen LogP contribution in [0.25, 0.3) is 0 Å². The molecule has 1 saturated carbocycles. The van der Waals surface area contributed by atoms with Gasteiger partial charge in [-0.3, -0.25) is 4.79 Å². The molecule has 0 spiro atoms. The lowest BCUT2D eigenvalue weighted by molar-refractivity contribution is 0.0505. The summed E-state index contributed by atoms with van der Waals surface area (Å²) < 4.78 is 5.27. The predicted octanol–water partition coefficient (Wildman–Crippen LogP) is 4.56. The summed E-state index contributed by atoms with van der Waals surface area (Å²) in [5.74, 6) is -0.291. The van der Waals surface area contributed by atoms with Crippen LogP contribution in [-0.4, -0.2) is 29.7 Å². The van der Waals surface area contributed by atoms with Crippen molar-refractivity contribution in [1.29, 1.82) is 0 Å². The summed E-state index contributed by atoms with van der Waals surface area (Å²) in [6.45, 7) is 5.73. The summed E-state index contributed by atoms with van der Waals surface area (Å²) in [6.07, 6.45) is 3.05. The van der Waals surface area contributed by atoms with Gasteiger partial charge in [0.2, 0.25) is 0 Å². The third-order valence-corrected chi connectivity index (χ3v) is 4.92. The van der Waals surface area contributed by atoms with E-state index < -0.39 is 17.2 Å². The third-order valence-electron chi connectivity index (χ3n) is 4.11. The van der Waals surface area contributed by atoms with E-state index in [1.165, 1.54) is 0 Å². The highest BCUT2D eigenvalue weighted by Crippen LogP contribution is 2.31. The normalized spacial score (nSPS) is 16.4. The molecule has 1 fully saturated rings. The largest absolute Gasteiger partial charge is 0.444 e. The number of ether oxygens (including phenoxy) is 1. The second-order valence-electron chi connectivity index (χ2n) is 7.40. The summed E-state index contributed by atoms with van der Waals surface area (Å²) >= 11 is 12.1. The molecule has 1 aliphatic carbocycles. The SMILES string of the molecule is CC(C)(C)OC(=O)NCC1(NC(=O)c2cccc(Cl)c2Cl)CCCC1. The molecule has 0 unspecified atom stereocenters. The Hall–Kier alpha value is -1.46. The molecule has 1 aromatic rings. The zero-order valence-corrected chi connectivity index (χ0v) is 16.3. The Morgan fingerprint density at radius 3 is 2.44 bits per heavy atom. The molecule has 1 aliphatic rings. The van der Waals surface area contributed by atoms with Crippen LogP contribution in [0.4, 0.5) is 4.79 Å². The fourth-order valence-corrected chi connectivity index (χ4v) is 3.33. The molecular weight excluding hydrogens is 363 g/mol. The zero-order chi connectivity index (χ0) is 18.7. The van der Waals surface area contributed by atoms with Crippen LogP contribution in [0.5, 0.6) is 0 Å². The van der Waals surface area contributed by atoms with E-state index in [0.29, 0.717) is 17.1 Å². The standard InChI is InChI=1S/C18H24Cl2N2O3/c1-17(2,3)25-16(24)21-11-18(9-4-5-10-18)22-15(23)12-7-6-8-13(19)14(12)20/h6-8H,4-5,9-11H2,1-3H3,(H,21,24)(H,22,23). The number of nitrogens with one attached hydrogen (secondary N) is 2. The molecule has 0 aromatic heterocycles. The monoisotopic (exact) mass is 386 g/mol. The van der Waals surface area contributed by atoms with Crippen LogP contribution in [0.3, 0.4) is 0 Å². The van der Waals surface area contributed by atoms with Crippen molar-refractivity contribution in [2.45, 2.75) is 57.6 Å². The molecule has 0 saturated heterocycles.